The van der Waals surface area contributed by atoms with Gasteiger partial charge in [0.05, 0.1) is 13.3 Å². The van der Waals surface area contributed by atoms with E-state index in [0.717, 1.165) is 6.08 Å². The Balaban J connectivity index is 2.01. The van der Waals surface area contributed by atoms with E-state index in [-0.39, 0.29) is 31.1 Å². The number of halogens is 3. The minimum absolute atomic E-state index is 0.00935. The van der Waals surface area contributed by atoms with E-state index in [1.54, 1.807) is 0 Å². The van der Waals surface area contributed by atoms with Gasteiger partial charge in [0.2, 0.25) is 0 Å². The van der Waals surface area contributed by atoms with Crippen LogP contribution in [0.15, 0.2) is 24.2 Å². The number of aromatic nitrogens is 2. The second kappa shape index (κ2) is 5.98. The smallest absolute Gasteiger partial charge is 0.412 e. The SMILES string of the molecule is COc1cncnc1NC(=O)N1CC=C(C(F)(F)F)CC1. The molecule has 1 aliphatic rings. The van der Waals surface area contributed by atoms with E-state index in [1.807, 2.05) is 0 Å². The summed E-state index contributed by atoms with van der Waals surface area (Å²) in [6, 6.07) is -0.538. The first-order valence-corrected chi connectivity index (χ1v) is 6.08. The van der Waals surface area contributed by atoms with Gasteiger partial charge in [-0.15, -0.1) is 0 Å². The molecule has 114 valence electrons. The van der Waals surface area contributed by atoms with Crippen molar-refractivity contribution < 1.29 is 22.7 Å². The molecule has 0 spiro atoms. The van der Waals surface area contributed by atoms with E-state index in [4.69, 9.17) is 4.74 Å². The zero-order valence-electron chi connectivity index (χ0n) is 11.1. The van der Waals surface area contributed by atoms with Crippen molar-refractivity contribution in [1.29, 1.82) is 0 Å². The fourth-order valence-electron chi connectivity index (χ4n) is 1.85. The molecule has 0 aromatic carbocycles. The Morgan fingerprint density at radius 2 is 2.24 bits per heavy atom. The molecule has 1 N–H and O–H groups in total. The molecule has 1 aromatic rings. The summed E-state index contributed by atoms with van der Waals surface area (Å²) in [7, 11) is 1.40. The van der Waals surface area contributed by atoms with Crippen molar-refractivity contribution in [2.24, 2.45) is 0 Å². The molecule has 0 atom stereocenters. The minimum atomic E-state index is -4.33. The van der Waals surface area contributed by atoms with Gasteiger partial charge in [0.25, 0.3) is 0 Å². The van der Waals surface area contributed by atoms with Gasteiger partial charge in [0, 0.05) is 18.7 Å². The van der Waals surface area contributed by atoms with Gasteiger partial charge in [-0.05, 0) is 6.42 Å². The maximum Gasteiger partial charge on any atom is 0.412 e. The summed E-state index contributed by atoms with van der Waals surface area (Å²) in [4.78, 5) is 20.8. The molecule has 0 bridgehead atoms. The Morgan fingerprint density at radius 3 is 2.81 bits per heavy atom. The van der Waals surface area contributed by atoms with E-state index in [1.165, 1.54) is 24.5 Å². The van der Waals surface area contributed by atoms with E-state index >= 15 is 0 Å². The lowest BCUT2D eigenvalue weighted by molar-refractivity contribution is -0.0955. The highest BCUT2D eigenvalue weighted by Gasteiger charge is 2.35. The number of carbonyl (C=O) groups excluding carboxylic acids is 1. The lowest BCUT2D eigenvalue weighted by Gasteiger charge is -2.27. The highest BCUT2D eigenvalue weighted by Crippen LogP contribution is 2.30. The van der Waals surface area contributed by atoms with Crippen LogP contribution in [0.5, 0.6) is 5.75 Å². The fraction of sp³-hybridized carbons (Fsp3) is 0.417. The molecule has 0 saturated heterocycles. The molecule has 2 heterocycles. The third-order valence-corrected chi connectivity index (χ3v) is 2.98. The highest BCUT2D eigenvalue weighted by atomic mass is 19.4. The Hall–Kier alpha value is -2.32. The first kappa shape index (κ1) is 15.1. The maximum absolute atomic E-state index is 12.5. The molecule has 2 amide bonds. The maximum atomic E-state index is 12.5. The predicted molar refractivity (Wildman–Crippen MR) is 67.9 cm³/mol. The van der Waals surface area contributed by atoms with Gasteiger partial charge in [-0.1, -0.05) is 6.08 Å². The number of hydrogen-bond donors (Lipinski definition) is 1. The lowest BCUT2D eigenvalue weighted by Crippen LogP contribution is -2.39. The normalized spacial score (nSPS) is 15.4. The number of methoxy groups -OCH3 is 1. The number of ether oxygens (including phenoxy) is 1. The fourth-order valence-corrected chi connectivity index (χ4v) is 1.85. The first-order valence-electron chi connectivity index (χ1n) is 6.08. The van der Waals surface area contributed by atoms with Crippen molar-refractivity contribution in [2.45, 2.75) is 12.6 Å². The van der Waals surface area contributed by atoms with Crippen LogP contribution in [-0.2, 0) is 0 Å². The van der Waals surface area contributed by atoms with Gasteiger partial charge in [-0.2, -0.15) is 13.2 Å². The number of nitrogens with zero attached hydrogens (tertiary/aromatic N) is 3. The molecule has 0 saturated carbocycles. The quantitative estimate of drug-likeness (QED) is 0.851. The van der Waals surface area contributed by atoms with Crippen LogP contribution >= 0.6 is 0 Å². The van der Waals surface area contributed by atoms with Crippen molar-refractivity contribution >= 4 is 11.8 Å². The Labute approximate surface area is 118 Å². The number of hydrogen-bond acceptors (Lipinski definition) is 4. The third-order valence-electron chi connectivity index (χ3n) is 2.98. The molecule has 2 rings (SSSR count). The zero-order chi connectivity index (χ0) is 15.5. The van der Waals surface area contributed by atoms with Gasteiger partial charge in [-0.3, -0.25) is 5.32 Å². The molecule has 9 heteroatoms. The first-order chi connectivity index (χ1) is 9.91. The number of urea groups is 1. The van der Waals surface area contributed by atoms with Gasteiger partial charge in [-0.25, -0.2) is 14.8 Å². The third kappa shape index (κ3) is 3.61. The van der Waals surface area contributed by atoms with E-state index in [9.17, 15) is 18.0 Å². The van der Waals surface area contributed by atoms with E-state index < -0.39 is 17.8 Å². The van der Waals surface area contributed by atoms with Crippen LogP contribution in [0.25, 0.3) is 0 Å². The average molecular weight is 302 g/mol. The molecule has 0 radical (unpaired) electrons. The number of anilines is 1. The van der Waals surface area contributed by atoms with Crippen molar-refractivity contribution in [3.05, 3.63) is 24.2 Å². The Kier molecular flexibility index (Phi) is 4.29. The summed E-state index contributed by atoms with van der Waals surface area (Å²) in [5.41, 5.74) is -0.605. The van der Waals surface area contributed by atoms with Gasteiger partial charge in [0.1, 0.15) is 6.33 Å². The summed E-state index contributed by atoms with van der Waals surface area (Å²) in [5, 5.41) is 2.49. The summed E-state index contributed by atoms with van der Waals surface area (Å²) < 4.78 is 42.5. The molecular formula is C12H13F3N4O2. The van der Waals surface area contributed by atoms with Gasteiger partial charge < -0.3 is 9.64 Å². The summed E-state index contributed by atoms with van der Waals surface area (Å²) in [5.74, 6) is 0.442. The number of amides is 2. The second-order valence-corrected chi connectivity index (χ2v) is 4.29. The average Bonchev–Trinajstić information content (AvgIpc) is 2.47. The van der Waals surface area contributed by atoms with E-state index in [0.29, 0.717) is 0 Å². The van der Waals surface area contributed by atoms with Crippen LogP contribution in [0.4, 0.5) is 23.8 Å². The number of carbonyl (C=O) groups is 1. The minimum Gasteiger partial charge on any atom is -0.491 e. The topological polar surface area (TPSA) is 67.4 Å². The number of nitrogens with one attached hydrogen (secondary N) is 1. The molecule has 0 aliphatic carbocycles. The zero-order valence-corrected chi connectivity index (χ0v) is 11.1. The van der Waals surface area contributed by atoms with Crippen LogP contribution < -0.4 is 10.1 Å². The van der Waals surface area contributed by atoms with Crippen molar-refractivity contribution in [3.8, 4) is 5.75 Å². The van der Waals surface area contributed by atoms with Crippen LogP contribution in [0.2, 0.25) is 0 Å². The van der Waals surface area contributed by atoms with Crippen molar-refractivity contribution in [3.63, 3.8) is 0 Å². The van der Waals surface area contributed by atoms with Crippen molar-refractivity contribution in [2.75, 3.05) is 25.5 Å². The highest BCUT2D eigenvalue weighted by molar-refractivity contribution is 5.89. The molecule has 21 heavy (non-hydrogen) atoms. The number of alkyl halides is 3. The van der Waals surface area contributed by atoms with Gasteiger partial charge in [0.15, 0.2) is 11.6 Å². The van der Waals surface area contributed by atoms with Gasteiger partial charge >= 0.3 is 12.2 Å². The van der Waals surface area contributed by atoms with Crippen LogP contribution in [0.3, 0.4) is 0 Å². The van der Waals surface area contributed by atoms with Crippen molar-refractivity contribution in [1.82, 2.24) is 14.9 Å². The monoisotopic (exact) mass is 302 g/mol. The molecular weight excluding hydrogens is 289 g/mol. The Morgan fingerprint density at radius 1 is 1.48 bits per heavy atom. The molecule has 6 nitrogen and oxygen atoms in total. The number of rotatable bonds is 2. The van der Waals surface area contributed by atoms with E-state index in [2.05, 4.69) is 15.3 Å². The molecule has 1 aliphatic heterocycles. The molecule has 1 aromatic heterocycles. The largest absolute Gasteiger partial charge is 0.491 e. The predicted octanol–water partition coefficient (Wildman–Crippen LogP) is 2.21. The van der Waals surface area contributed by atoms with Crippen LogP contribution in [-0.4, -0.2) is 47.3 Å². The Bertz CT molecular complexity index is 560. The molecule has 0 unspecified atom stereocenters. The summed E-state index contributed by atoms with van der Waals surface area (Å²) in [6.07, 6.45) is -0.937. The second-order valence-electron chi connectivity index (χ2n) is 4.29. The molecule has 0 fully saturated rings. The van der Waals surface area contributed by atoms with Crippen LogP contribution in [0, 0.1) is 0 Å². The lowest BCUT2D eigenvalue weighted by atomic mass is 10.1. The van der Waals surface area contributed by atoms with Crippen LogP contribution in [0.1, 0.15) is 6.42 Å². The summed E-state index contributed by atoms with van der Waals surface area (Å²) >= 11 is 0. The standard InChI is InChI=1S/C12H13F3N4O2/c1-21-9-6-16-7-17-10(9)18-11(20)19-4-2-8(3-5-19)12(13,14)15/h2,6-7H,3-5H2,1H3,(H,16,17,18,20). The summed E-state index contributed by atoms with van der Waals surface area (Å²) in [6.45, 7) is -0.112.